The third kappa shape index (κ3) is 2.46. The Hall–Kier alpha value is -0.830. The predicted octanol–water partition coefficient (Wildman–Crippen LogP) is 3.10. The van der Waals surface area contributed by atoms with E-state index in [1.165, 1.54) is 44.2 Å². The van der Waals surface area contributed by atoms with Crippen LogP contribution in [0.15, 0.2) is 12.5 Å². The summed E-state index contributed by atoms with van der Waals surface area (Å²) in [5, 5.41) is 3.45. The number of rotatable bonds is 2. The van der Waals surface area contributed by atoms with Crippen LogP contribution in [-0.2, 0) is 0 Å². The molecular weight excluding hydrogens is 222 g/mol. The van der Waals surface area contributed by atoms with E-state index in [0.717, 1.165) is 24.9 Å². The Morgan fingerprint density at radius 2 is 1.83 bits per heavy atom. The van der Waals surface area contributed by atoms with Gasteiger partial charge in [-0.1, -0.05) is 6.92 Å². The van der Waals surface area contributed by atoms with Crippen LogP contribution in [0.25, 0.3) is 0 Å². The molecule has 2 fully saturated rings. The number of piperidine rings is 1. The van der Waals surface area contributed by atoms with E-state index in [9.17, 15) is 0 Å². The molecule has 1 saturated carbocycles. The first-order valence-corrected chi connectivity index (χ1v) is 7.57. The molecular formula is C15H25N3. The molecule has 1 N–H and O–H groups in total. The molecule has 1 aromatic rings. The van der Waals surface area contributed by atoms with Crippen LogP contribution in [0.1, 0.15) is 63.1 Å². The minimum absolute atomic E-state index is 0.716. The summed E-state index contributed by atoms with van der Waals surface area (Å²) < 4.78 is 2.50. The second-order valence-corrected chi connectivity index (χ2v) is 6.16. The van der Waals surface area contributed by atoms with Crippen LogP contribution in [0.3, 0.4) is 0 Å². The highest BCUT2D eigenvalue weighted by Crippen LogP contribution is 2.35. The van der Waals surface area contributed by atoms with Crippen LogP contribution in [0.2, 0.25) is 0 Å². The molecule has 0 aromatic carbocycles. The Kier molecular flexibility index (Phi) is 3.69. The van der Waals surface area contributed by atoms with Gasteiger partial charge in [-0.3, -0.25) is 0 Å². The van der Waals surface area contributed by atoms with E-state index in [1.807, 2.05) is 0 Å². The zero-order valence-electron chi connectivity index (χ0n) is 11.4. The number of hydrogen-bond donors (Lipinski definition) is 1. The molecule has 1 aliphatic carbocycles. The van der Waals surface area contributed by atoms with E-state index >= 15 is 0 Å². The van der Waals surface area contributed by atoms with Gasteiger partial charge in [0.1, 0.15) is 0 Å². The number of hydrogen-bond acceptors (Lipinski definition) is 2. The third-order valence-electron chi connectivity index (χ3n) is 4.83. The van der Waals surface area contributed by atoms with Crippen molar-refractivity contribution in [2.75, 3.05) is 13.1 Å². The van der Waals surface area contributed by atoms with Gasteiger partial charge in [-0.15, -0.1) is 0 Å². The van der Waals surface area contributed by atoms with Crippen molar-refractivity contribution in [3.8, 4) is 0 Å². The molecule has 100 valence electrons. The lowest BCUT2D eigenvalue weighted by Crippen LogP contribution is -2.28. The van der Waals surface area contributed by atoms with E-state index < -0.39 is 0 Å². The summed E-state index contributed by atoms with van der Waals surface area (Å²) in [6.07, 6.45) is 12.2. The van der Waals surface area contributed by atoms with E-state index in [4.69, 9.17) is 0 Å². The number of imidazole rings is 1. The van der Waals surface area contributed by atoms with Crippen molar-refractivity contribution < 1.29 is 0 Å². The summed E-state index contributed by atoms with van der Waals surface area (Å²) in [7, 11) is 0. The first kappa shape index (κ1) is 12.2. The second kappa shape index (κ2) is 5.43. The summed E-state index contributed by atoms with van der Waals surface area (Å²) >= 11 is 0. The quantitative estimate of drug-likeness (QED) is 0.870. The fourth-order valence-corrected chi connectivity index (χ4v) is 3.57. The van der Waals surface area contributed by atoms with E-state index in [0.29, 0.717) is 6.04 Å². The maximum atomic E-state index is 4.43. The molecule has 18 heavy (non-hydrogen) atoms. The lowest BCUT2D eigenvalue weighted by molar-refractivity contribution is 0.280. The van der Waals surface area contributed by atoms with Crippen molar-refractivity contribution >= 4 is 0 Å². The number of nitrogens with zero attached hydrogens (tertiary/aromatic N) is 2. The van der Waals surface area contributed by atoms with Gasteiger partial charge in [0.2, 0.25) is 0 Å². The molecule has 0 radical (unpaired) electrons. The highest BCUT2D eigenvalue weighted by Gasteiger charge is 2.25. The Morgan fingerprint density at radius 1 is 1.11 bits per heavy atom. The second-order valence-electron chi connectivity index (χ2n) is 6.16. The molecule has 1 aliphatic heterocycles. The topological polar surface area (TPSA) is 29.9 Å². The summed E-state index contributed by atoms with van der Waals surface area (Å²) in [5.41, 5.74) is 1.50. The lowest BCUT2D eigenvalue weighted by Gasteiger charge is -2.31. The molecule has 0 atom stereocenters. The van der Waals surface area contributed by atoms with Crippen molar-refractivity contribution in [1.29, 1.82) is 0 Å². The molecule has 3 heteroatoms. The van der Waals surface area contributed by atoms with Crippen molar-refractivity contribution in [3.63, 3.8) is 0 Å². The Morgan fingerprint density at radius 3 is 2.56 bits per heavy atom. The van der Waals surface area contributed by atoms with E-state index in [1.54, 1.807) is 0 Å². The van der Waals surface area contributed by atoms with Gasteiger partial charge in [-0.2, -0.15) is 0 Å². The summed E-state index contributed by atoms with van der Waals surface area (Å²) in [4.78, 5) is 4.43. The van der Waals surface area contributed by atoms with Gasteiger partial charge >= 0.3 is 0 Å². The zero-order valence-corrected chi connectivity index (χ0v) is 11.4. The van der Waals surface area contributed by atoms with Crippen LogP contribution in [0, 0.1) is 5.92 Å². The standard InChI is InChI=1S/C15H25N3/c1-12-2-4-14(5-3-12)18-11-17-10-15(18)13-6-8-16-9-7-13/h10-14,16H,2-9H2,1H3. The SMILES string of the molecule is CC1CCC(n2cncc2C2CCNCC2)CC1. The normalized spacial score (nSPS) is 30.5. The van der Waals surface area contributed by atoms with Gasteiger partial charge in [0.15, 0.2) is 0 Å². The smallest absolute Gasteiger partial charge is 0.0950 e. The fraction of sp³-hybridized carbons (Fsp3) is 0.800. The molecule has 2 heterocycles. The monoisotopic (exact) mass is 247 g/mol. The maximum Gasteiger partial charge on any atom is 0.0950 e. The minimum Gasteiger partial charge on any atom is -0.331 e. The minimum atomic E-state index is 0.716. The average Bonchev–Trinajstić information content (AvgIpc) is 2.90. The van der Waals surface area contributed by atoms with Crippen molar-refractivity contribution in [1.82, 2.24) is 14.9 Å². The van der Waals surface area contributed by atoms with Crippen LogP contribution in [-0.4, -0.2) is 22.6 Å². The van der Waals surface area contributed by atoms with Crippen molar-refractivity contribution in [3.05, 3.63) is 18.2 Å². The fourth-order valence-electron chi connectivity index (χ4n) is 3.57. The molecule has 1 saturated heterocycles. The molecule has 2 aliphatic rings. The van der Waals surface area contributed by atoms with Gasteiger partial charge in [0.05, 0.1) is 6.33 Å². The van der Waals surface area contributed by atoms with E-state index in [2.05, 4.69) is 34.3 Å². The van der Waals surface area contributed by atoms with Gasteiger partial charge in [-0.05, 0) is 57.5 Å². The van der Waals surface area contributed by atoms with Crippen LogP contribution < -0.4 is 5.32 Å². The van der Waals surface area contributed by atoms with Gasteiger partial charge in [0, 0.05) is 23.9 Å². The Bertz CT molecular complexity index is 371. The molecule has 3 rings (SSSR count). The van der Waals surface area contributed by atoms with Crippen molar-refractivity contribution in [2.45, 2.75) is 57.4 Å². The van der Waals surface area contributed by atoms with Crippen LogP contribution >= 0.6 is 0 Å². The maximum absolute atomic E-state index is 4.43. The third-order valence-corrected chi connectivity index (χ3v) is 4.83. The highest BCUT2D eigenvalue weighted by molar-refractivity contribution is 5.09. The van der Waals surface area contributed by atoms with Crippen LogP contribution in [0.4, 0.5) is 0 Å². The lowest BCUT2D eigenvalue weighted by atomic mass is 9.86. The molecule has 0 bridgehead atoms. The largest absolute Gasteiger partial charge is 0.331 e. The number of aromatic nitrogens is 2. The first-order chi connectivity index (χ1) is 8.84. The summed E-state index contributed by atoms with van der Waals surface area (Å²) in [6.45, 7) is 4.72. The summed E-state index contributed by atoms with van der Waals surface area (Å²) in [5.74, 6) is 1.65. The molecule has 3 nitrogen and oxygen atoms in total. The van der Waals surface area contributed by atoms with Gasteiger partial charge in [-0.25, -0.2) is 4.98 Å². The molecule has 0 amide bonds. The highest BCUT2D eigenvalue weighted by atomic mass is 15.1. The average molecular weight is 247 g/mol. The number of nitrogens with one attached hydrogen (secondary N) is 1. The van der Waals surface area contributed by atoms with Gasteiger partial charge < -0.3 is 9.88 Å². The Labute approximate surface area is 110 Å². The zero-order chi connectivity index (χ0) is 12.4. The molecule has 1 aromatic heterocycles. The first-order valence-electron chi connectivity index (χ1n) is 7.57. The molecule has 0 unspecified atom stereocenters. The van der Waals surface area contributed by atoms with Crippen molar-refractivity contribution in [2.24, 2.45) is 5.92 Å². The van der Waals surface area contributed by atoms with Gasteiger partial charge in [0.25, 0.3) is 0 Å². The predicted molar refractivity (Wildman–Crippen MR) is 73.7 cm³/mol. The van der Waals surface area contributed by atoms with E-state index in [-0.39, 0.29) is 0 Å². The Balaban J connectivity index is 1.74. The molecule has 0 spiro atoms. The van der Waals surface area contributed by atoms with Crippen LogP contribution in [0.5, 0.6) is 0 Å². The summed E-state index contributed by atoms with van der Waals surface area (Å²) in [6, 6.07) is 0.716.